The first-order valence-corrected chi connectivity index (χ1v) is 11.4. The standard InChI is InChI=1S/C26H28ClNO6/c1-6-20(28-25(31)34-26(3,4)5)24(30)33-22-14-21-17(13-19(22)27)15(2)18(23(29)32-21)12-16-10-8-7-9-11-16/h7-11,13-14,20H,6,12H2,1-5H3,(H,28,31). The topological polar surface area (TPSA) is 94.8 Å². The Morgan fingerprint density at radius 3 is 2.44 bits per heavy atom. The highest BCUT2D eigenvalue weighted by molar-refractivity contribution is 6.33. The molecule has 7 nitrogen and oxygen atoms in total. The lowest BCUT2D eigenvalue weighted by molar-refractivity contribution is -0.136. The van der Waals surface area contributed by atoms with Gasteiger partial charge in [0.2, 0.25) is 0 Å². The SMILES string of the molecule is CCC(NC(=O)OC(C)(C)C)C(=O)Oc1cc2oc(=O)c(Cc3ccccc3)c(C)c2cc1Cl. The van der Waals surface area contributed by atoms with E-state index in [0.717, 1.165) is 11.1 Å². The number of carbonyl (C=O) groups is 2. The van der Waals surface area contributed by atoms with E-state index in [1.54, 1.807) is 33.8 Å². The Labute approximate surface area is 203 Å². The third kappa shape index (κ3) is 6.17. The maximum absolute atomic E-state index is 12.7. The molecule has 1 amide bonds. The predicted molar refractivity (Wildman–Crippen MR) is 131 cm³/mol. The van der Waals surface area contributed by atoms with Crippen molar-refractivity contribution in [3.05, 3.63) is 74.6 Å². The monoisotopic (exact) mass is 485 g/mol. The highest BCUT2D eigenvalue weighted by Crippen LogP contribution is 2.32. The molecule has 1 atom stereocenters. The number of nitrogens with one attached hydrogen (secondary N) is 1. The van der Waals surface area contributed by atoms with Crippen molar-refractivity contribution in [2.24, 2.45) is 0 Å². The fraction of sp³-hybridized carbons (Fsp3) is 0.346. The number of alkyl carbamates (subject to hydrolysis) is 1. The molecule has 0 bridgehead atoms. The van der Waals surface area contributed by atoms with Crippen molar-refractivity contribution in [2.45, 2.75) is 59.1 Å². The van der Waals surface area contributed by atoms with E-state index in [4.69, 9.17) is 25.5 Å². The normalized spacial score (nSPS) is 12.3. The van der Waals surface area contributed by atoms with Gasteiger partial charge in [-0.25, -0.2) is 14.4 Å². The molecule has 2 aromatic carbocycles. The molecule has 180 valence electrons. The minimum Gasteiger partial charge on any atom is -0.444 e. The van der Waals surface area contributed by atoms with E-state index in [2.05, 4.69) is 5.32 Å². The van der Waals surface area contributed by atoms with Gasteiger partial charge in [0, 0.05) is 23.4 Å². The first-order chi connectivity index (χ1) is 16.0. The number of hydrogen-bond acceptors (Lipinski definition) is 6. The van der Waals surface area contributed by atoms with Crippen molar-refractivity contribution in [3.8, 4) is 5.75 Å². The summed E-state index contributed by atoms with van der Waals surface area (Å²) in [6, 6.07) is 11.7. The summed E-state index contributed by atoms with van der Waals surface area (Å²) < 4.78 is 16.2. The number of esters is 1. The Hall–Kier alpha value is -3.32. The number of ether oxygens (including phenoxy) is 2. The second-order valence-corrected chi connectivity index (χ2v) is 9.37. The van der Waals surface area contributed by atoms with E-state index in [1.165, 1.54) is 6.07 Å². The molecule has 8 heteroatoms. The molecule has 0 saturated carbocycles. The number of rotatable bonds is 6. The van der Waals surface area contributed by atoms with Crippen molar-refractivity contribution in [1.82, 2.24) is 5.32 Å². The Morgan fingerprint density at radius 2 is 1.82 bits per heavy atom. The summed E-state index contributed by atoms with van der Waals surface area (Å²) in [7, 11) is 0. The van der Waals surface area contributed by atoms with Gasteiger partial charge in [-0.1, -0.05) is 48.9 Å². The molecule has 1 N–H and O–H groups in total. The van der Waals surface area contributed by atoms with Gasteiger partial charge >= 0.3 is 17.7 Å². The average molecular weight is 486 g/mol. The maximum atomic E-state index is 12.7. The molecule has 0 radical (unpaired) electrons. The molecule has 1 aromatic heterocycles. The van der Waals surface area contributed by atoms with Gasteiger partial charge in [-0.2, -0.15) is 0 Å². The third-order valence-corrected chi connectivity index (χ3v) is 5.45. The maximum Gasteiger partial charge on any atom is 0.408 e. The molecule has 1 unspecified atom stereocenters. The van der Waals surface area contributed by atoms with E-state index in [1.807, 2.05) is 37.3 Å². The third-order valence-electron chi connectivity index (χ3n) is 5.16. The molecule has 3 aromatic rings. The van der Waals surface area contributed by atoms with Gasteiger partial charge in [0.15, 0.2) is 5.75 Å². The van der Waals surface area contributed by atoms with Gasteiger partial charge in [-0.15, -0.1) is 0 Å². The highest BCUT2D eigenvalue weighted by Gasteiger charge is 2.25. The Balaban J connectivity index is 1.85. The van der Waals surface area contributed by atoms with E-state index >= 15 is 0 Å². The summed E-state index contributed by atoms with van der Waals surface area (Å²) >= 11 is 6.40. The van der Waals surface area contributed by atoms with Crippen molar-refractivity contribution in [1.29, 1.82) is 0 Å². The quantitative estimate of drug-likeness (QED) is 0.279. The molecule has 0 spiro atoms. The number of amides is 1. The Bertz CT molecular complexity index is 1260. The molecule has 3 rings (SSSR count). The van der Waals surface area contributed by atoms with Gasteiger partial charge < -0.3 is 19.2 Å². The van der Waals surface area contributed by atoms with Crippen LogP contribution in [0.5, 0.6) is 5.75 Å². The summed E-state index contributed by atoms with van der Waals surface area (Å²) in [4.78, 5) is 37.4. The van der Waals surface area contributed by atoms with Crippen LogP contribution in [0.15, 0.2) is 51.7 Å². The summed E-state index contributed by atoms with van der Waals surface area (Å²) in [6.45, 7) is 8.73. The van der Waals surface area contributed by atoms with Crippen LogP contribution in [0.1, 0.15) is 50.8 Å². The Morgan fingerprint density at radius 1 is 1.15 bits per heavy atom. The summed E-state index contributed by atoms with van der Waals surface area (Å²) in [5, 5.41) is 3.32. The van der Waals surface area contributed by atoms with Crippen LogP contribution in [0.4, 0.5) is 4.79 Å². The van der Waals surface area contributed by atoms with Crippen LogP contribution in [-0.2, 0) is 16.0 Å². The first kappa shape index (κ1) is 25.3. The predicted octanol–water partition coefficient (Wildman–Crippen LogP) is 5.55. The minimum absolute atomic E-state index is 0.0296. The van der Waals surface area contributed by atoms with E-state index < -0.39 is 29.3 Å². The lowest BCUT2D eigenvalue weighted by Crippen LogP contribution is -2.44. The van der Waals surface area contributed by atoms with Gasteiger partial charge in [-0.3, -0.25) is 0 Å². The number of benzene rings is 2. The number of aryl methyl sites for hydroxylation is 1. The van der Waals surface area contributed by atoms with Crippen LogP contribution in [-0.4, -0.2) is 23.7 Å². The largest absolute Gasteiger partial charge is 0.444 e. The smallest absolute Gasteiger partial charge is 0.408 e. The van der Waals surface area contributed by atoms with Crippen molar-refractivity contribution < 1.29 is 23.5 Å². The Kier molecular flexibility index (Phi) is 7.67. The van der Waals surface area contributed by atoms with Crippen LogP contribution in [0.2, 0.25) is 5.02 Å². The van der Waals surface area contributed by atoms with Gasteiger partial charge in [0.25, 0.3) is 0 Å². The molecule has 0 aliphatic heterocycles. The molecule has 1 heterocycles. The minimum atomic E-state index is -0.941. The molecule has 0 aliphatic rings. The fourth-order valence-corrected chi connectivity index (χ4v) is 3.63. The first-order valence-electron chi connectivity index (χ1n) is 11.0. The average Bonchev–Trinajstić information content (AvgIpc) is 2.75. The zero-order valence-electron chi connectivity index (χ0n) is 19.9. The lowest BCUT2D eigenvalue weighted by Gasteiger charge is -2.22. The van der Waals surface area contributed by atoms with Crippen molar-refractivity contribution in [2.75, 3.05) is 0 Å². The second kappa shape index (κ2) is 10.3. The van der Waals surface area contributed by atoms with Crippen molar-refractivity contribution >= 4 is 34.6 Å². The molecule has 0 saturated heterocycles. The highest BCUT2D eigenvalue weighted by atomic mass is 35.5. The van der Waals surface area contributed by atoms with Crippen LogP contribution in [0, 0.1) is 6.92 Å². The van der Waals surface area contributed by atoms with E-state index in [-0.39, 0.29) is 22.8 Å². The van der Waals surface area contributed by atoms with Crippen molar-refractivity contribution in [3.63, 3.8) is 0 Å². The van der Waals surface area contributed by atoms with Crippen LogP contribution in [0.3, 0.4) is 0 Å². The molecule has 34 heavy (non-hydrogen) atoms. The molecular formula is C26H28ClNO6. The molecule has 0 fully saturated rings. The molecular weight excluding hydrogens is 458 g/mol. The number of fused-ring (bicyclic) bond motifs is 1. The van der Waals surface area contributed by atoms with Crippen LogP contribution < -0.4 is 15.7 Å². The number of hydrogen-bond donors (Lipinski definition) is 1. The van der Waals surface area contributed by atoms with E-state index in [9.17, 15) is 14.4 Å². The summed E-state index contributed by atoms with van der Waals surface area (Å²) in [5.74, 6) is -0.684. The van der Waals surface area contributed by atoms with E-state index in [0.29, 0.717) is 17.4 Å². The fourth-order valence-electron chi connectivity index (χ4n) is 3.43. The molecule has 0 aliphatic carbocycles. The van der Waals surface area contributed by atoms with Crippen LogP contribution >= 0.6 is 11.6 Å². The zero-order chi connectivity index (χ0) is 25.0. The number of halogens is 1. The number of carbonyl (C=O) groups excluding carboxylic acids is 2. The lowest BCUT2D eigenvalue weighted by atomic mass is 9.99. The van der Waals surface area contributed by atoms with Gasteiger partial charge in [0.1, 0.15) is 17.2 Å². The van der Waals surface area contributed by atoms with Gasteiger partial charge in [0.05, 0.1) is 5.02 Å². The second-order valence-electron chi connectivity index (χ2n) is 8.96. The van der Waals surface area contributed by atoms with Crippen LogP contribution in [0.25, 0.3) is 11.0 Å². The summed E-state index contributed by atoms with van der Waals surface area (Å²) in [5.41, 5.74) is 1.34. The zero-order valence-corrected chi connectivity index (χ0v) is 20.6. The van der Waals surface area contributed by atoms with Gasteiger partial charge in [-0.05, 0) is 51.3 Å². The summed E-state index contributed by atoms with van der Waals surface area (Å²) in [6.07, 6.45) is -0.0258.